The second-order valence-corrected chi connectivity index (χ2v) is 4.92. The van der Waals surface area contributed by atoms with E-state index in [9.17, 15) is 4.79 Å². The monoisotopic (exact) mass is 278 g/mol. The number of aryl methyl sites for hydroxylation is 1. The summed E-state index contributed by atoms with van der Waals surface area (Å²) in [6.07, 6.45) is 1.69. The molecule has 0 aliphatic carbocycles. The van der Waals surface area contributed by atoms with Crippen molar-refractivity contribution in [2.75, 3.05) is 31.6 Å². The predicted molar refractivity (Wildman–Crippen MR) is 83.2 cm³/mol. The number of hydrogen-bond acceptors (Lipinski definition) is 3. The van der Waals surface area contributed by atoms with Gasteiger partial charge in [0.1, 0.15) is 0 Å². The average molecular weight is 278 g/mol. The van der Waals surface area contributed by atoms with E-state index in [2.05, 4.69) is 12.2 Å². The maximum atomic E-state index is 12.5. The highest BCUT2D eigenvalue weighted by atomic mass is 16.3. The summed E-state index contributed by atoms with van der Waals surface area (Å²) in [5.41, 5.74) is 2.78. The number of rotatable bonds is 8. The summed E-state index contributed by atoms with van der Waals surface area (Å²) < 4.78 is 0. The van der Waals surface area contributed by atoms with Gasteiger partial charge in [0.25, 0.3) is 5.91 Å². The minimum Gasteiger partial charge on any atom is -0.396 e. The first-order valence-electron chi connectivity index (χ1n) is 7.38. The van der Waals surface area contributed by atoms with Crippen LogP contribution >= 0.6 is 0 Å². The minimum absolute atomic E-state index is 0.0421. The molecule has 0 spiro atoms. The minimum atomic E-state index is 0.0421. The lowest BCUT2D eigenvalue weighted by atomic mass is 10.1. The molecule has 0 aromatic heterocycles. The molecule has 4 nitrogen and oxygen atoms in total. The lowest BCUT2D eigenvalue weighted by molar-refractivity contribution is 0.0753. The Hall–Kier alpha value is -1.55. The van der Waals surface area contributed by atoms with Gasteiger partial charge in [0, 0.05) is 37.5 Å². The number of nitrogens with zero attached hydrogens (tertiary/aromatic N) is 1. The molecular formula is C16H26N2O2. The third kappa shape index (κ3) is 4.53. The summed E-state index contributed by atoms with van der Waals surface area (Å²) in [5, 5.41) is 12.2. The van der Waals surface area contributed by atoms with Crippen LogP contribution in [0.15, 0.2) is 18.2 Å². The van der Waals surface area contributed by atoms with Gasteiger partial charge in [0.15, 0.2) is 0 Å². The van der Waals surface area contributed by atoms with Crippen molar-refractivity contribution in [1.82, 2.24) is 4.90 Å². The fourth-order valence-corrected chi connectivity index (χ4v) is 2.12. The molecule has 0 aliphatic heterocycles. The second-order valence-electron chi connectivity index (χ2n) is 4.92. The van der Waals surface area contributed by atoms with E-state index in [1.165, 1.54) is 0 Å². The van der Waals surface area contributed by atoms with Crippen molar-refractivity contribution in [3.63, 3.8) is 0 Å². The molecule has 0 saturated carbocycles. The molecule has 0 saturated heterocycles. The Morgan fingerprint density at radius 1 is 1.35 bits per heavy atom. The summed E-state index contributed by atoms with van der Waals surface area (Å²) in [6.45, 7) is 8.35. The van der Waals surface area contributed by atoms with Gasteiger partial charge in [-0.3, -0.25) is 4.79 Å². The molecule has 20 heavy (non-hydrogen) atoms. The highest BCUT2D eigenvalue weighted by molar-refractivity contribution is 5.96. The lowest BCUT2D eigenvalue weighted by Gasteiger charge is -2.21. The zero-order valence-corrected chi connectivity index (χ0v) is 12.8. The third-order valence-corrected chi connectivity index (χ3v) is 3.29. The zero-order valence-electron chi connectivity index (χ0n) is 12.8. The molecule has 1 rings (SSSR count). The van der Waals surface area contributed by atoms with Gasteiger partial charge in [-0.25, -0.2) is 0 Å². The predicted octanol–water partition coefficient (Wildman–Crippen LogP) is 2.66. The normalized spacial score (nSPS) is 10.4. The van der Waals surface area contributed by atoms with Gasteiger partial charge in [0.05, 0.1) is 0 Å². The summed E-state index contributed by atoms with van der Waals surface area (Å²) >= 11 is 0. The zero-order chi connectivity index (χ0) is 15.0. The molecule has 4 heteroatoms. The first kappa shape index (κ1) is 16.5. The van der Waals surface area contributed by atoms with Crippen LogP contribution < -0.4 is 5.32 Å². The van der Waals surface area contributed by atoms with Crippen molar-refractivity contribution in [1.29, 1.82) is 0 Å². The van der Waals surface area contributed by atoms with Gasteiger partial charge in [-0.05, 0) is 50.5 Å². The van der Waals surface area contributed by atoms with E-state index in [1.54, 1.807) is 4.90 Å². The summed E-state index contributed by atoms with van der Waals surface area (Å²) in [7, 11) is 0. The Labute approximate surface area is 121 Å². The highest BCUT2D eigenvalue weighted by Gasteiger charge is 2.15. The number of aliphatic hydroxyl groups excluding tert-OH is 1. The van der Waals surface area contributed by atoms with Gasteiger partial charge < -0.3 is 15.3 Å². The number of nitrogens with one attached hydrogen (secondary N) is 1. The first-order chi connectivity index (χ1) is 9.63. The number of aliphatic hydroxyl groups is 1. The Kier molecular flexibility index (Phi) is 7.09. The van der Waals surface area contributed by atoms with Crippen LogP contribution in [0.1, 0.15) is 42.6 Å². The average Bonchev–Trinajstić information content (AvgIpc) is 2.45. The van der Waals surface area contributed by atoms with Crippen LogP contribution in [0, 0.1) is 6.92 Å². The Bertz CT molecular complexity index is 432. The van der Waals surface area contributed by atoms with Crippen LogP contribution in [0.3, 0.4) is 0 Å². The summed E-state index contributed by atoms with van der Waals surface area (Å²) in [4.78, 5) is 14.2. The molecular weight excluding hydrogens is 252 g/mol. The molecule has 0 heterocycles. The fourth-order valence-electron chi connectivity index (χ4n) is 2.12. The quantitative estimate of drug-likeness (QED) is 0.768. The van der Waals surface area contributed by atoms with E-state index in [0.29, 0.717) is 19.5 Å². The molecule has 0 atom stereocenters. The van der Waals surface area contributed by atoms with Crippen LogP contribution in [-0.2, 0) is 0 Å². The fraction of sp³-hybridized carbons (Fsp3) is 0.562. The van der Waals surface area contributed by atoms with Crippen LogP contribution in [-0.4, -0.2) is 42.2 Å². The van der Waals surface area contributed by atoms with E-state index < -0.39 is 0 Å². The van der Waals surface area contributed by atoms with Gasteiger partial charge >= 0.3 is 0 Å². The molecule has 1 amide bonds. The summed E-state index contributed by atoms with van der Waals surface area (Å²) in [5.74, 6) is 0.0421. The van der Waals surface area contributed by atoms with Crippen LogP contribution in [0.4, 0.5) is 5.69 Å². The molecule has 1 aromatic rings. The van der Waals surface area contributed by atoms with Crippen molar-refractivity contribution in [3.8, 4) is 0 Å². The van der Waals surface area contributed by atoms with Crippen LogP contribution in [0.25, 0.3) is 0 Å². The molecule has 0 fully saturated rings. The van der Waals surface area contributed by atoms with Gasteiger partial charge in [-0.15, -0.1) is 0 Å². The smallest absolute Gasteiger partial charge is 0.254 e. The molecule has 0 radical (unpaired) electrons. The van der Waals surface area contributed by atoms with Gasteiger partial charge in [-0.2, -0.15) is 0 Å². The largest absolute Gasteiger partial charge is 0.396 e. The van der Waals surface area contributed by atoms with Crippen LogP contribution in [0.2, 0.25) is 0 Å². The van der Waals surface area contributed by atoms with Crippen molar-refractivity contribution in [2.24, 2.45) is 0 Å². The number of anilines is 1. The van der Waals surface area contributed by atoms with E-state index >= 15 is 0 Å². The number of benzene rings is 1. The van der Waals surface area contributed by atoms with Gasteiger partial charge in [-0.1, -0.05) is 6.92 Å². The molecule has 1 aromatic carbocycles. The van der Waals surface area contributed by atoms with Crippen molar-refractivity contribution in [2.45, 2.75) is 33.6 Å². The van der Waals surface area contributed by atoms with Crippen molar-refractivity contribution in [3.05, 3.63) is 29.3 Å². The first-order valence-corrected chi connectivity index (χ1v) is 7.38. The number of hydrogen-bond donors (Lipinski definition) is 2. The van der Waals surface area contributed by atoms with E-state index in [1.807, 2.05) is 32.0 Å². The molecule has 112 valence electrons. The lowest BCUT2D eigenvalue weighted by Crippen LogP contribution is -2.32. The van der Waals surface area contributed by atoms with E-state index in [0.717, 1.165) is 29.8 Å². The third-order valence-electron chi connectivity index (χ3n) is 3.29. The number of carbonyl (C=O) groups is 1. The maximum Gasteiger partial charge on any atom is 0.254 e. The maximum absolute atomic E-state index is 12.5. The second kappa shape index (κ2) is 8.59. The topological polar surface area (TPSA) is 52.6 Å². The molecule has 0 aliphatic rings. The van der Waals surface area contributed by atoms with Crippen molar-refractivity contribution < 1.29 is 9.90 Å². The van der Waals surface area contributed by atoms with E-state index in [4.69, 9.17) is 5.11 Å². The van der Waals surface area contributed by atoms with Gasteiger partial charge in [0.2, 0.25) is 0 Å². The molecule has 2 N–H and O–H groups in total. The molecule has 0 unspecified atom stereocenters. The Morgan fingerprint density at radius 2 is 2.10 bits per heavy atom. The number of carbonyl (C=O) groups excluding carboxylic acids is 1. The highest BCUT2D eigenvalue weighted by Crippen LogP contribution is 2.17. The van der Waals surface area contributed by atoms with Crippen molar-refractivity contribution >= 4 is 11.6 Å². The Morgan fingerprint density at radius 3 is 2.65 bits per heavy atom. The summed E-state index contributed by atoms with van der Waals surface area (Å²) in [6, 6.07) is 5.86. The molecule has 0 bridgehead atoms. The van der Waals surface area contributed by atoms with E-state index in [-0.39, 0.29) is 12.5 Å². The Balaban J connectivity index is 2.81. The van der Waals surface area contributed by atoms with Crippen LogP contribution in [0.5, 0.6) is 0 Å². The standard InChI is InChI=1S/C16H26N2O2/c1-4-9-17-14-7-8-15(13(3)12-14)16(20)18(5-2)10-6-11-19/h7-8,12,17,19H,4-6,9-11H2,1-3H3. The number of amides is 1. The SMILES string of the molecule is CCCNc1ccc(C(=O)N(CC)CCCO)c(C)c1.